The fraction of sp³-hybridized carbons (Fsp3) is 0.500. The van der Waals surface area contributed by atoms with Crippen molar-refractivity contribution >= 4 is 11.6 Å². The van der Waals surface area contributed by atoms with Crippen LogP contribution >= 0.6 is 11.6 Å². The van der Waals surface area contributed by atoms with Gasteiger partial charge in [-0.2, -0.15) is 0 Å². The molecule has 0 radical (unpaired) electrons. The van der Waals surface area contributed by atoms with Gasteiger partial charge in [-0.3, -0.25) is 0 Å². The fourth-order valence-corrected chi connectivity index (χ4v) is 2.30. The lowest BCUT2D eigenvalue weighted by atomic mass is 9.95. The van der Waals surface area contributed by atoms with Crippen LogP contribution in [0.4, 0.5) is 4.39 Å². The van der Waals surface area contributed by atoms with Crippen LogP contribution in [0.5, 0.6) is 0 Å². The normalized spacial score (nSPS) is 20.9. The molecule has 1 saturated heterocycles. The molecule has 82 valence electrons. The van der Waals surface area contributed by atoms with Crippen molar-refractivity contribution < 1.29 is 4.39 Å². The molecule has 3 heteroatoms. The Kier molecular flexibility index (Phi) is 3.27. The van der Waals surface area contributed by atoms with Crippen LogP contribution in [0.15, 0.2) is 12.1 Å². The third-order valence-electron chi connectivity index (χ3n) is 3.13. The molecule has 1 unspecified atom stereocenters. The number of hydrogen-bond donors (Lipinski definition) is 1. The Morgan fingerprint density at radius 1 is 1.53 bits per heavy atom. The highest BCUT2D eigenvalue weighted by Gasteiger charge is 2.18. The molecule has 2 rings (SSSR count). The number of halogens is 2. The predicted octanol–water partition coefficient (Wildman–Crippen LogP) is 2.94. The van der Waals surface area contributed by atoms with Gasteiger partial charge in [-0.15, -0.1) is 0 Å². The molecule has 1 aromatic carbocycles. The van der Waals surface area contributed by atoms with Gasteiger partial charge in [-0.25, -0.2) is 4.39 Å². The molecular formula is C12H15ClFN. The molecule has 15 heavy (non-hydrogen) atoms. The van der Waals surface area contributed by atoms with Gasteiger partial charge < -0.3 is 5.32 Å². The molecule has 1 aliphatic heterocycles. The third kappa shape index (κ3) is 2.32. The van der Waals surface area contributed by atoms with Gasteiger partial charge in [0.15, 0.2) is 0 Å². The minimum Gasteiger partial charge on any atom is -0.316 e. The minimum absolute atomic E-state index is 0.121. The van der Waals surface area contributed by atoms with E-state index in [0.29, 0.717) is 10.9 Å². The van der Waals surface area contributed by atoms with Crippen LogP contribution in [-0.2, 0) is 6.42 Å². The summed E-state index contributed by atoms with van der Waals surface area (Å²) >= 11 is 5.99. The van der Waals surface area contributed by atoms with E-state index in [4.69, 9.17) is 11.6 Å². The highest BCUT2D eigenvalue weighted by Crippen LogP contribution is 2.25. The molecule has 1 aromatic rings. The average molecular weight is 228 g/mol. The zero-order chi connectivity index (χ0) is 10.8. The first-order valence-corrected chi connectivity index (χ1v) is 5.70. The van der Waals surface area contributed by atoms with E-state index >= 15 is 0 Å². The van der Waals surface area contributed by atoms with Crippen molar-refractivity contribution in [1.29, 1.82) is 0 Å². The molecule has 0 bridgehead atoms. The second-order valence-corrected chi connectivity index (χ2v) is 4.60. The molecule has 0 saturated carbocycles. The van der Waals surface area contributed by atoms with Crippen molar-refractivity contribution in [1.82, 2.24) is 5.32 Å². The number of nitrogens with one attached hydrogen (secondary N) is 1. The summed E-state index contributed by atoms with van der Waals surface area (Å²) < 4.78 is 13.6. The Hall–Kier alpha value is -0.600. The lowest BCUT2D eigenvalue weighted by molar-refractivity contribution is 0.541. The summed E-state index contributed by atoms with van der Waals surface area (Å²) in [5.41, 5.74) is 1.68. The van der Waals surface area contributed by atoms with E-state index in [1.165, 1.54) is 6.07 Å². The average Bonchev–Trinajstić information content (AvgIpc) is 2.71. The summed E-state index contributed by atoms with van der Waals surface area (Å²) in [6.45, 7) is 3.93. The maximum Gasteiger partial charge on any atom is 0.126 e. The van der Waals surface area contributed by atoms with Crippen molar-refractivity contribution in [3.05, 3.63) is 34.1 Å². The molecule has 0 aromatic heterocycles. The van der Waals surface area contributed by atoms with Crippen LogP contribution in [0.2, 0.25) is 5.02 Å². The highest BCUT2D eigenvalue weighted by atomic mass is 35.5. The van der Waals surface area contributed by atoms with Crippen LogP contribution in [-0.4, -0.2) is 13.1 Å². The van der Waals surface area contributed by atoms with Crippen molar-refractivity contribution in [3.8, 4) is 0 Å². The lowest BCUT2D eigenvalue weighted by Crippen LogP contribution is -2.12. The Morgan fingerprint density at radius 3 is 3.00 bits per heavy atom. The van der Waals surface area contributed by atoms with E-state index in [2.05, 4.69) is 5.32 Å². The summed E-state index contributed by atoms with van der Waals surface area (Å²) in [7, 11) is 0. The molecule has 1 N–H and O–H groups in total. The predicted molar refractivity (Wildman–Crippen MR) is 60.8 cm³/mol. The molecule has 0 aliphatic carbocycles. The number of benzene rings is 1. The highest BCUT2D eigenvalue weighted by molar-refractivity contribution is 6.31. The summed E-state index contributed by atoms with van der Waals surface area (Å²) in [5.74, 6) is 0.431. The second-order valence-electron chi connectivity index (χ2n) is 4.20. The Morgan fingerprint density at radius 2 is 2.33 bits per heavy atom. The number of rotatable bonds is 2. The van der Waals surface area contributed by atoms with Crippen LogP contribution in [0.3, 0.4) is 0 Å². The van der Waals surface area contributed by atoms with Crippen LogP contribution in [0, 0.1) is 18.7 Å². The maximum absolute atomic E-state index is 13.6. The van der Waals surface area contributed by atoms with Gasteiger partial charge in [-0.1, -0.05) is 11.6 Å². The van der Waals surface area contributed by atoms with Crippen LogP contribution in [0.1, 0.15) is 17.5 Å². The third-order valence-corrected chi connectivity index (χ3v) is 3.54. The quantitative estimate of drug-likeness (QED) is 0.819. The van der Waals surface area contributed by atoms with Crippen molar-refractivity contribution in [2.45, 2.75) is 19.8 Å². The van der Waals surface area contributed by atoms with Crippen molar-refractivity contribution in [2.24, 2.45) is 5.92 Å². The molecule has 0 amide bonds. The van der Waals surface area contributed by atoms with Gasteiger partial charge in [0.1, 0.15) is 5.82 Å². The largest absolute Gasteiger partial charge is 0.316 e. The summed E-state index contributed by atoms with van der Waals surface area (Å²) in [5, 5.41) is 3.95. The smallest absolute Gasteiger partial charge is 0.126 e. The molecule has 0 spiro atoms. The van der Waals surface area contributed by atoms with Crippen molar-refractivity contribution in [2.75, 3.05) is 13.1 Å². The summed E-state index contributed by atoms with van der Waals surface area (Å²) in [6.07, 6.45) is 1.93. The van der Waals surface area contributed by atoms with E-state index < -0.39 is 0 Å². The molecule has 1 atom stereocenters. The van der Waals surface area contributed by atoms with E-state index in [9.17, 15) is 4.39 Å². The van der Waals surface area contributed by atoms with Gasteiger partial charge in [-0.05, 0) is 62.0 Å². The van der Waals surface area contributed by atoms with E-state index in [0.717, 1.165) is 37.1 Å². The lowest BCUT2D eigenvalue weighted by Gasteiger charge is -2.12. The monoisotopic (exact) mass is 227 g/mol. The first kappa shape index (κ1) is 10.9. The van der Waals surface area contributed by atoms with Crippen molar-refractivity contribution in [3.63, 3.8) is 0 Å². The van der Waals surface area contributed by atoms with Gasteiger partial charge >= 0.3 is 0 Å². The molecular weight excluding hydrogens is 213 g/mol. The summed E-state index contributed by atoms with van der Waals surface area (Å²) in [4.78, 5) is 0. The first-order valence-electron chi connectivity index (χ1n) is 5.32. The van der Waals surface area contributed by atoms with Gasteiger partial charge in [0.25, 0.3) is 0 Å². The zero-order valence-corrected chi connectivity index (χ0v) is 9.57. The maximum atomic E-state index is 13.6. The molecule has 1 nitrogen and oxygen atoms in total. The fourth-order valence-electron chi connectivity index (χ4n) is 2.12. The van der Waals surface area contributed by atoms with Crippen LogP contribution in [0.25, 0.3) is 0 Å². The van der Waals surface area contributed by atoms with E-state index in [1.54, 1.807) is 6.07 Å². The standard InChI is InChI=1S/C12H15ClFN/c1-8-10(6-9-4-5-15-7-9)12(14)3-2-11(8)13/h2-3,9,15H,4-7H2,1H3. The zero-order valence-electron chi connectivity index (χ0n) is 8.82. The SMILES string of the molecule is Cc1c(Cl)ccc(F)c1CC1CCNC1. The van der Waals surface area contributed by atoms with E-state index in [-0.39, 0.29) is 5.82 Å². The second kappa shape index (κ2) is 4.50. The molecule has 1 heterocycles. The number of hydrogen-bond acceptors (Lipinski definition) is 1. The van der Waals surface area contributed by atoms with Gasteiger partial charge in [0.05, 0.1) is 0 Å². The molecule has 1 fully saturated rings. The van der Waals surface area contributed by atoms with E-state index in [1.807, 2.05) is 6.92 Å². The Labute approximate surface area is 94.6 Å². The Balaban J connectivity index is 2.22. The summed E-state index contributed by atoms with van der Waals surface area (Å²) in [6, 6.07) is 3.09. The molecule has 1 aliphatic rings. The van der Waals surface area contributed by atoms with Crippen LogP contribution < -0.4 is 5.32 Å². The van der Waals surface area contributed by atoms with Gasteiger partial charge in [0.2, 0.25) is 0 Å². The Bertz CT molecular complexity index is 359. The minimum atomic E-state index is -0.121. The van der Waals surface area contributed by atoms with Gasteiger partial charge in [0, 0.05) is 5.02 Å². The first-order chi connectivity index (χ1) is 7.18. The topological polar surface area (TPSA) is 12.0 Å².